The first-order chi connectivity index (χ1) is 11.1. The van der Waals surface area contributed by atoms with E-state index in [1.54, 1.807) is 11.6 Å². The van der Waals surface area contributed by atoms with Gasteiger partial charge in [0.1, 0.15) is 0 Å². The Hall–Kier alpha value is -2.54. The molecule has 3 aromatic rings. The van der Waals surface area contributed by atoms with Gasteiger partial charge in [-0.25, -0.2) is 4.98 Å². The van der Waals surface area contributed by atoms with E-state index in [9.17, 15) is 9.59 Å². The fraction of sp³-hybridized carbons (Fsp3) is 0.250. The summed E-state index contributed by atoms with van der Waals surface area (Å²) in [6.07, 6.45) is 4.38. The van der Waals surface area contributed by atoms with Crippen LogP contribution in [0.25, 0.3) is 4.96 Å². The van der Waals surface area contributed by atoms with Crippen LogP contribution in [0, 0.1) is 0 Å². The molecule has 0 amide bonds. The Morgan fingerprint density at radius 1 is 1.43 bits per heavy atom. The first-order valence-electron chi connectivity index (χ1n) is 7.25. The maximum Gasteiger partial charge on any atom is 0.309 e. The maximum absolute atomic E-state index is 12.4. The number of aliphatic carboxylic acids is 1. The first-order valence-corrected chi connectivity index (χ1v) is 8.13. The molecule has 1 fully saturated rings. The number of hydrogen-bond donors (Lipinski definition) is 1. The molecule has 6 nitrogen and oxygen atoms in total. The van der Waals surface area contributed by atoms with E-state index in [2.05, 4.69) is 9.97 Å². The van der Waals surface area contributed by atoms with Crippen molar-refractivity contribution in [2.75, 3.05) is 0 Å². The SMILES string of the molecule is O=C(O)Cc1csc2nc([C@@H]3C[C@H]3c3cccnc3)cc(=O)n12. The molecule has 4 rings (SSSR count). The molecule has 116 valence electrons. The Balaban J connectivity index is 1.68. The van der Waals surface area contributed by atoms with E-state index in [4.69, 9.17) is 5.11 Å². The molecule has 0 aromatic carbocycles. The summed E-state index contributed by atoms with van der Waals surface area (Å²) >= 11 is 1.30. The zero-order valence-electron chi connectivity index (χ0n) is 12.0. The Morgan fingerprint density at radius 3 is 3.04 bits per heavy atom. The van der Waals surface area contributed by atoms with E-state index in [1.165, 1.54) is 21.8 Å². The van der Waals surface area contributed by atoms with Gasteiger partial charge in [-0.15, -0.1) is 11.3 Å². The number of carboxylic acid groups (broad SMARTS) is 1. The van der Waals surface area contributed by atoms with Crippen LogP contribution >= 0.6 is 11.3 Å². The molecular weight excluding hydrogens is 314 g/mol. The van der Waals surface area contributed by atoms with Gasteiger partial charge in [-0.2, -0.15) is 0 Å². The third-order valence-electron chi connectivity index (χ3n) is 4.11. The molecule has 0 spiro atoms. The molecule has 0 aliphatic heterocycles. The molecular formula is C16H13N3O3S. The molecule has 3 aromatic heterocycles. The highest BCUT2D eigenvalue weighted by atomic mass is 32.1. The lowest BCUT2D eigenvalue weighted by molar-refractivity contribution is -0.136. The minimum Gasteiger partial charge on any atom is -0.481 e. The standard InChI is InChI=1S/C16H13N3O3S/c20-14-6-13(12-5-11(12)9-2-1-3-17-7-9)18-16-19(14)10(8-23-16)4-15(21)22/h1-3,6-8,11-12H,4-5H2,(H,21,22)/t11-,12+/m0/s1. The molecule has 1 saturated carbocycles. The van der Waals surface area contributed by atoms with Crippen LogP contribution in [0.5, 0.6) is 0 Å². The molecule has 0 radical (unpaired) electrons. The van der Waals surface area contributed by atoms with Crippen molar-refractivity contribution in [1.29, 1.82) is 0 Å². The van der Waals surface area contributed by atoms with Gasteiger partial charge in [0, 0.05) is 35.5 Å². The van der Waals surface area contributed by atoms with Gasteiger partial charge in [-0.05, 0) is 24.0 Å². The van der Waals surface area contributed by atoms with Crippen molar-refractivity contribution in [2.45, 2.75) is 24.7 Å². The van der Waals surface area contributed by atoms with Crippen molar-refractivity contribution in [1.82, 2.24) is 14.4 Å². The number of carbonyl (C=O) groups is 1. The van der Waals surface area contributed by atoms with Crippen molar-refractivity contribution < 1.29 is 9.90 Å². The predicted octanol–water partition coefficient (Wildman–Crippen LogP) is 2.05. The monoisotopic (exact) mass is 327 g/mol. The number of hydrogen-bond acceptors (Lipinski definition) is 5. The van der Waals surface area contributed by atoms with E-state index in [0.717, 1.165) is 17.7 Å². The average molecular weight is 327 g/mol. The number of nitrogens with zero attached hydrogens (tertiary/aromatic N) is 3. The van der Waals surface area contributed by atoms with Gasteiger partial charge >= 0.3 is 5.97 Å². The highest BCUT2D eigenvalue weighted by Gasteiger charge is 2.41. The molecule has 1 aliphatic rings. The smallest absolute Gasteiger partial charge is 0.309 e. The highest BCUT2D eigenvalue weighted by molar-refractivity contribution is 7.15. The van der Waals surface area contributed by atoms with Gasteiger partial charge in [0.25, 0.3) is 5.56 Å². The third kappa shape index (κ3) is 2.53. The fourth-order valence-electron chi connectivity index (χ4n) is 2.95. The van der Waals surface area contributed by atoms with Crippen LogP contribution in [-0.4, -0.2) is 25.4 Å². The van der Waals surface area contributed by atoms with Crippen LogP contribution in [0.4, 0.5) is 0 Å². The third-order valence-corrected chi connectivity index (χ3v) is 4.99. The van der Waals surface area contributed by atoms with Crippen LogP contribution in [0.3, 0.4) is 0 Å². The zero-order valence-corrected chi connectivity index (χ0v) is 12.9. The van der Waals surface area contributed by atoms with Crippen molar-refractivity contribution in [3.8, 4) is 0 Å². The largest absolute Gasteiger partial charge is 0.481 e. The van der Waals surface area contributed by atoms with E-state index < -0.39 is 5.97 Å². The second-order valence-corrected chi connectivity index (χ2v) is 6.51. The van der Waals surface area contributed by atoms with Gasteiger partial charge < -0.3 is 5.11 Å². The van der Waals surface area contributed by atoms with Gasteiger partial charge in [-0.3, -0.25) is 19.0 Å². The van der Waals surface area contributed by atoms with Crippen molar-refractivity contribution in [2.24, 2.45) is 0 Å². The number of aromatic nitrogens is 3. The minimum absolute atomic E-state index is 0.178. The summed E-state index contributed by atoms with van der Waals surface area (Å²) in [5, 5.41) is 10.6. The lowest BCUT2D eigenvalue weighted by atomic mass is 10.1. The summed E-state index contributed by atoms with van der Waals surface area (Å²) in [6, 6.07) is 5.49. The van der Waals surface area contributed by atoms with Crippen molar-refractivity contribution in [3.63, 3.8) is 0 Å². The average Bonchev–Trinajstić information content (AvgIpc) is 3.24. The molecule has 1 aliphatic carbocycles. The van der Waals surface area contributed by atoms with Crippen LogP contribution < -0.4 is 5.56 Å². The minimum atomic E-state index is -0.959. The van der Waals surface area contributed by atoms with Gasteiger partial charge in [-0.1, -0.05) is 6.07 Å². The Kier molecular flexibility index (Phi) is 3.23. The van der Waals surface area contributed by atoms with E-state index in [0.29, 0.717) is 16.6 Å². The van der Waals surface area contributed by atoms with Gasteiger partial charge in [0.2, 0.25) is 0 Å². The zero-order chi connectivity index (χ0) is 16.0. The van der Waals surface area contributed by atoms with Crippen LogP contribution in [-0.2, 0) is 11.2 Å². The summed E-state index contributed by atoms with van der Waals surface area (Å²) in [5.74, 6) is -0.363. The topological polar surface area (TPSA) is 84.6 Å². The number of pyridine rings is 1. The van der Waals surface area contributed by atoms with Crippen LogP contribution in [0.2, 0.25) is 0 Å². The summed E-state index contributed by atoms with van der Waals surface area (Å²) in [6.45, 7) is 0. The Morgan fingerprint density at radius 2 is 2.30 bits per heavy atom. The Bertz CT molecular complexity index is 948. The molecule has 0 bridgehead atoms. The second kappa shape index (κ2) is 5.27. The van der Waals surface area contributed by atoms with Gasteiger partial charge in [0.15, 0.2) is 4.96 Å². The van der Waals surface area contributed by atoms with E-state index >= 15 is 0 Å². The number of fused-ring (bicyclic) bond motifs is 1. The number of rotatable bonds is 4. The molecule has 23 heavy (non-hydrogen) atoms. The summed E-state index contributed by atoms with van der Waals surface area (Å²) in [4.78, 5) is 32.5. The van der Waals surface area contributed by atoms with Crippen LogP contribution in [0.1, 0.15) is 35.2 Å². The molecule has 3 heterocycles. The van der Waals surface area contributed by atoms with Crippen LogP contribution in [0.15, 0.2) is 40.8 Å². The number of thiazole rings is 1. The first kappa shape index (κ1) is 14.1. The lowest BCUT2D eigenvalue weighted by Crippen LogP contribution is -2.17. The van der Waals surface area contributed by atoms with E-state index in [-0.39, 0.29) is 17.9 Å². The maximum atomic E-state index is 12.4. The molecule has 1 N–H and O–H groups in total. The highest BCUT2D eigenvalue weighted by Crippen LogP contribution is 2.53. The lowest BCUT2D eigenvalue weighted by Gasteiger charge is -2.02. The molecule has 7 heteroatoms. The van der Waals surface area contributed by atoms with Crippen molar-refractivity contribution in [3.05, 3.63) is 63.3 Å². The Labute approximate surface area is 135 Å². The van der Waals surface area contributed by atoms with Gasteiger partial charge in [0.05, 0.1) is 12.1 Å². The van der Waals surface area contributed by atoms with Crippen molar-refractivity contribution >= 4 is 22.3 Å². The molecule has 0 unspecified atom stereocenters. The summed E-state index contributed by atoms with van der Waals surface area (Å²) < 4.78 is 1.39. The number of carboxylic acids is 1. The second-order valence-electron chi connectivity index (χ2n) is 5.67. The molecule has 2 atom stereocenters. The summed E-state index contributed by atoms with van der Waals surface area (Å²) in [7, 11) is 0. The quantitative estimate of drug-likeness (QED) is 0.793. The normalized spacial score (nSPS) is 19.8. The summed E-state index contributed by atoms with van der Waals surface area (Å²) in [5.41, 5.74) is 2.21. The fourth-order valence-corrected chi connectivity index (χ4v) is 3.85. The molecule has 0 saturated heterocycles. The predicted molar refractivity (Wildman–Crippen MR) is 85.0 cm³/mol. The van der Waals surface area contributed by atoms with E-state index in [1.807, 2.05) is 18.3 Å².